The number of hydrogen-bond acceptors (Lipinski definition) is 6. The lowest BCUT2D eigenvalue weighted by Gasteiger charge is -2.18. The maximum Gasteiger partial charge on any atom is 0.328 e. The van der Waals surface area contributed by atoms with Crippen LogP contribution in [-0.2, 0) is 14.3 Å². The quantitative estimate of drug-likeness (QED) is 0.634. The van der Waals surface area contributed by atoms with Crippen LogP contribution in [0.25, 0.3) is 6.08 Å². The Morgan fingerprint density at radius 1 is 1.45 bits per heavy atom. The van der Waals surface area contributed by atoms with E-state index in [4.69, 9.17) is 0 Å². The number of rotatable bonds is 3. The van der Waals surface area contributed by atoms with Gasteiger partial charge in [0.2, 0.25) is 0 Å². The van der Waals surface area contributed by atoms with Gasteiger partial charge in [0.1, 0.15) is 6.04 Å². The maximum atomic E-state index is 12.2. The lowest BCUT2D eigenvalue weighted by molar-refractivity contribution is -0.148. The molecule has 1 fully saturated rings. The summed E-state index contributed by atoms with van der Waals surface area (Å²) in [5.41, 5.74) is 1.04. The molecule has 0 bridgehead atoms. The first kappa shape index (κ1) is 14.8. The number of thioether (sulfide) groups is 1. The van der Waals surface area contributed by atoms with Crippen molar-refractivity contribution >= 4 is 46.3 Å². The van der Waals surface area contributed by atoms with E-state index in [1.54, 1.807) is 6.08 Å². The number of carbonyl (C=O) groups excluding carboxylic acids is 3. The van der Waals surface area contributed by atoms with Crippen LogP contribution in [0.15, 0.2) is 16.4 Å². The van der Waals surface area contributed by atoms with Gasteiger partial charge in [0.05, 0.1) is 12.0 Å². The average molecular weight is 311 g/mol. The molecule has 1 aliphatic rings. The standard InChI is InChI=1S/C13H13NO4S2/c1-7-4-5-19-9(7)6-10-11(15)14(13(17)20-10)8(2)12(16)18-3/h4-6,8H,1-3H3/b10-6+. The van der Waals surface area contributed by atoms with Gasteiger partial charge >= 0.3 is 5.97 Å². The number of amides is 2. The fourth-order valence-electron chi connectivity index (χ4n) is 1.74. The Bertz CT molecular complexity index is 605. The van der Waals surface area contributed by atoms with Crippen LogP contribution in [0.3, 0.4) is 0 Å². The zero-order chi connectivity index (χ0) is 14.9. The fraction of sp³-hybridized carbons (Fsp3) is 0.308. The molecule has 20 heavy (non-hydrogen) atoms. The van der Waals surface area contributed by atoms with Gasteiger partial charge in [-0.1, -0.05) is 0 Å². The molecule has 2 rings (SSSR count). The Hall–Kier alpha value is -1.60. The van der Waals surface area contributed by atoms with Gasteiger partial charge in [-0.2, -0.15) is 0 Å². The van der Waals surface area contributed by atoms with E-state index < -0.39 is 23.2 Å². The summed E-state index contributed by atoms with van der Waals surface area (Å²) in [5.74, 6) is -1.06. The summed E-state index contributed by atoms with van der Waals surface area (Å²) < 4.78 is 4.57. The molecule has 1 aromatic heterocycles. The number of esters is 1. The number of nitrogens with zero attached hydrogens (tertiary/aromatic N) is 1. The Labute approximate surface area is 124 Å². The molecule has 7 heteroatoms. The van der Waals surface area contributed by atoms with Crippen LogP contribution in [-0.4, -0.2) is 35.2 Å². The van der Waals surface area contributed by atoms with Crippen LogP contribution in [0.2, 0.25) is 0 Å². The van der Waals surface area contributed by atoms with Crippen LogP contribution >= 0.6 is 23.1 Å². The van der Waals surface area contributed by atoms with Crippen molar-refractivity contribution in [3.05, 3.63) is 26.8 Å². The van der Waals surface area contributed by atoms with Crippen LogP contribution < -0.4 is 0 Å². The average Bonchev–Trinajstić information content (AvgIpc) is 2.93. The van der Waals surface area contributed by atoms with E-state index in [0.29, 0.717) is 4.91 Å². The molecule has 0 radical (unpaired) electrons. The number of imide groups is 1. The highest BCUT2D eigenvalue weighted by Crippen LogP contribution is 2.35. The van der Waals surface area contributed by atoms with Crippen LogP contribution in [0.5, 0.6) is 0 Å². The molecule has 1 saturated heterocycles. The number of thiophene rings is 1. The van der Waals surface area contributed by atoms with E-state index in [9.17, 15) is 14.4 Å². The number of aryl methyl sites for hydroxylation is 1. The SMILES string of the molecule is COC(=O)C(C)N1C(=O)S/C(=C/c2sccc2C)C1=O. The second-order valence-corrected chi connectivity index (χ2v) is 6.16. The summed E-state index contributed by atoms with van der Waals surface area (Å²) in [6.45, 7) is 3.41. The second kappa shape index (κ2) is 5.80. The molecule has 0 saturated carbocycles. The summed E-state index contributed by atoms with van der Waals surface area (Å²) in [6, 6.07) is 1.03. The molecular formula is C13H13NO4S2. The summed E-state index contributed by atoms with van der Waals surface area (Å²) in [6.07, 6.45) is 1.69. The van der Waals surface area contributed by atoms with E-state index in [2.05, 4.69) is 4.74 Å². The van der Waals surface area contributed by atoms with Gasteiger partial charge in [-0.15, -0.1) is 11.3 Å². The summed E-state index contributed by atoms with van der Waals surface area (Å²) in [5, 5.41) is 1.47. The monoisotopic (exact) mass is 311 g/mol. The number of methoxy groups -OCH3 is 1. The predicted octanol–water partition coefficient (Wildman–Crippen LogP) is 2.65. The lowest BCUT2D eigenvalue weighted by atomic mass is 10.2. The van der Waals surface area contributed by atoms with Gasteiger partial charge in [0, 0.05) is 4.88 Å². The molecule has 0 aromatic carbocycles. The highest BCUT2D eigenvalue weighted by atomic mass is 32.2. The van der Waals surface area contributed by atoms with E-state index >= 15 is 0 Å². The zero-order valence-electron chi connectivity index (χ0n) is 11.2. The summed E-state index contributed by atoms with van der Waals surface area (Å²) >= 11 is 2.34. The first-order valence-electron chi connectivity index (χ1n) is 5.84. The predicted molar refractivity (Wildman–Crippen MR) is 78.3 cm³/mol. The molecule has 1 aliphatic heterocycles. The van der Waals surface area contributed by atoms with Gasteiger partial charge in [-0.3, -0.25) is 14.5 Å². The molecular weight excluding hydrogens is 298 g/mol. The van der Waals surface area contributed by atoms with Crippen molar-refractivity contribution in [1.82, 2.24) is 4.90 Å². The number of carbonyl (C=O) groups is 3. The van der Waals surface area contributed by atoms with Crippen molar-refractivity contribution in [3.63, 3.8) is 0 Å². The fourth-order valence-corrected chi connectivity index (χ4v) is 3.56. The van der Waals surface area contributed by atoms with Crippen LogP contribution in [0.1, 0.15) is 17.4 Å². The smallest absolute Gasteiger partial charge is 0.328 e. The zero-order valence-corrected chi connectivity index (χ0v) is 12.8. The van der Waals surface area contributed by atoms with E-state index in [-0.39, 0.29) is 0 Å². The normalized spacial score (nSPS) is 18.8. The van der Waals surface area contributed by atoms with E-state index in [1.807, 2.05) is 18.4 Å². The van der Waals surface area contributed by atoms with Gasteiger partial charge < -0.3 is 4.74 Å². The van der Waals surface area contributed by atoms with Crippen molar-refractivity contribution in [2.24, 2.45) is 0 Å². The molecule has 1 aromatic rings. The van der Waals surface area contributed by atoms with Crippen LogP contribution in [0.4, 0.5) is 4.79 Å². The minimum atomic E-state index is -0.914. The topological polar surface area (TPSA) is 63.7 Å². The molecule has 2 amide bonds. The van der Waals surface area contributed by atoms with E-state index in [0.717, 1.165) is 27.1 Å². The summed E-state index contributed by atoms with van der Waals surface area (Å²) in [4.78, 5) is 37.8. The molecule has 0 N–H and O–H groups in total. The van der Waals surface area contributed by atoms with Gasteiger partial charge in [0.25, 0.3) is 11.1 Å². The molecule has 1 unspecified atom stereocenters. The second-order valence-electron chi connectivity index (χ2n) is 4.22. The van der Waals surface area contributed by atoms with Crippen molar-refractivity contribution in [1.29, 1.82) is 0 Å². The van der Waals surface area contributed by atoms with E-state index in [1.165, 1.54) is 25.4 Å². The highest BCUT2D eigenvalue weighted by Gasteiger charge is 2.41. The van der Waals surface area contributed by atoms with Crippen molar-refractivity contribution < 1.29 is 19.1 Å². The van der Waals surface area contributed by atoms with Gasteiger partial charge in [-0.05, 0) is 48.7 Å². The third-order valence-electron chi connectivity index (χ3n) is 2.92. The number of ether oxygens (including phenoxy) is 1. The first-order valence-corrected chi connectivity index (χ1v) is 7.54. The Balaban J connectivity index is 2.27. The van der Waals surface area contributed by atoms with Crippen molar-refractivity contribution in [2.45, 2.75) is 19.9 Å². The molecule has 1 atom stereocenters. The largest absolute Gasteiger partial charge is 0.467 e. The maximum absolute atomic E-state index is 12.2. The molecule has 0 spiro atoms. The molecule has 2 heterocycles. The Kier molecular flexibility index (Phi) is 4.29. The summed E-state index contributed by atoms with van der Waals surface area (Å²) in [7, 11) is 1.22. The van der Waals surface area contributed by atoms with Crippen molar-refractivity contribution in [2.75, 3.05) is 7.11 Å². The Morgan fingerprint density at radius 2 is 2.15 bits per heavy atom. The van der Waals surface area contributed by atoms with Gasteiger partial charge in [0.15, 0.2) is 0 Å². The first-order chi connectivity index (χ1) is 9.45. The Morgan fingerprint density at radius 3 is 2.70 bits per heavy atom. The number of hydrogen-bond donors (Lipinski definition) is 0. The minimum absolute atomic E-state index is 0.330. The minimum Gasteiger partial charge on any atom is -0.467 e. The molecule has 5 nitrogen and oxygen atoms in total. The van der Waals surface area contributed by atoms with Gasteiger partial charge in [-0.25, -0.2) is 4.79 Å². The third kappa shape index (κ3) is 2.64. The lowest BCUT2D eigenvalue weighted by Crippen LogP contribution is -2.42. The van der Waals surface area contributed by atoms with Crippen LogP contribution in [0, 0.1) is 6.92 Å². The van der Waals surface area contributed by atoms with Crippen molar-refractivity contribution in [3.8, 4) is 0 Å². The molecule has 0 aliphatic carbocycles. The third-order valence-corrected chi connectivity index (χ3v) is 4.77. The highest BCUT2D eigenvalue weighted by molar-refractivity contribution is 8.18. The molecule has 106 valence electrons.